The second kappa shape index (κ2) is 7.89. The van der Waals surface area contributed by atoms with Crippen LogP contribution in [0.15, 0.2) is 35.5 Å². The van der Waals surface area contributed by atoms with Crippen molar-refractivity contribution in [2.45, 2.75) is 6.92 Å². The molecule has 1 aliphatic heterocycles. The molecule has 1 amide bonds. The molecule has 1 aliphatic rings. The molecule has 0 aromatic carbocycles. The quantitative estimate of drug-likeness (QED) is 0.779. The first-order valence-electron chi connectivity index (χ1n) is 8.27. The number of nitrogens with zero attached hydrogens (tertiary/aromatic N) is 5. The average molecular weight is 342 g/mol. The maximum atomic E-state index is 11.8. The van der Waals surface area contributed by atoms with Gasteiger partial charge in [0, 0.05) is 44.5 Å². The van der Waals surface area contributed by atoms with Crippen LogP contribution in [0.3, 0.4) is 0 Å². The highest BCUT2D eigenvalue weighted by Crippen LogP contribution is 2.22. The topological polar surface area (TPSA) is 87.4 Å². The van der Waals surface area contributed by atoms with E-state index in [2.05, 4.69) is 36.8 Å². The van der Waals surface area contributed by atoms with Gasteiger partial charge in [0.05, 0.1) is 6.54 Å². The largest absolute Gasteiger partial charge is 0.354 e. The van der Waals surface area contributed by atoms with Crippen LogP contribution in [0.1, 0.15) is 5.82 Å². The highest BCUT2D eigenvalue weighted by molar-refractivity contribution is 5.78. The van der Waals surface area contributed by atoms with Gasteiger partial charge in [0.25, 0.3) is 5.89 Å². The van der Waals surface area contributed by atoms with E-state index in [1.165, 1.54) is 0 Å². The number of anilines is 1. The van der Waals surface area contributed by atoms with E-state index in [-0.39, 0.29) is 5.91 Å². The zero-order valence-electron chi connectivity index (χ0n) is 14.3. The lowest BCUT2D eigenvalue weighted by molar-refractivity contribution is -0.122. The first kappa shape index (κ1) is 17.1. The van der Waals surface area contributed by atoms with Crippen molar-refractivity contribution in [1.29, 1.82) is 0 Å². The zero-order valence-corrected chi connectivity index (χ0v) is 14.3. The molecule has 2 aromatic rings. The SMILES string of the molecule is C=CCNC(=O)CN1CCN(c2cc(-c3nc(C)no3)ccn2)CC1. The molecule has 8 nitrogen and oxygen atoms in total. The van der Waals surface area contributed by atoms with Crippen LogP contribution in [-0.2, 0) is 4.79 Å². The maximum absolute atomic E-state index is 11.8. The number of aromatic nitrogens is 3. The number of hydrogen-bond donors (Lipinski definition) is 1. The van der Waals surface area contributed by atoms with Gasteiger partial charge >= 0.3 is 0 Å². The molecule has 3 rings (SSSR count). The fourth-order valence-electron chi connectivity index (χ4n) is 2.72. The minimum atomic E-state index is 0.0280. The van der Waals surface area contributed by atoms with Gasteiger partial charge in [-0.25, -0.2) is 4.98 Å². The van der Waals surface area contributed by atoms with Crippen LogP contribution in [0.5, 0.6) is 0 Å². The van der Waals surface area contributed by atoms with E-state index >= 15 is 0 Å². The predicted octanol–water partition coefficient (Wildman–Crippen LogP) is 0.864. The van der Waals surface area contributed by atoms with Gasteiger partial charge in [-0.1, -0.05) is 11.2 Å². The molecular weight excluding hydrogens is 320 g/mol. The van der Waals surface area contributed by atoms with Crippen LogP contribution in [0.25, 0.3) is 11.5 Å². The van der Waals surface area contributed by atoms with Crippen molar-refractivity contribution >= 4 is 11.7 Å². The zero-order chi connectivity index (χ0) is 17.6. The summed E-state index contributed by atoms with van der Waals surface area (Å²) in [4.78, 5) is 24.8. The van der Waals surface area contributed by atoms with Crippen molar-refractivity contribution in [3.8, 4) is 11.5 Å². The molecule has 1 fully saturated rings. The summed E-state index contributed by atoms with van der Waals surface area (Å²) in [5, 5.41) is 6.63. The number of nitrogens with one attached hydrogen (secondary N) is 1. The van der Waals surface area contributed by atoms with Crippen molar-refractivity contribution in [3.63, 3.8) is 0 Å². The number of hydrogen-bond acceptors (Lipinski definition) is 7. The number of aryl methyl sites for hydroxylation is 1. The van der Waals surface area contributed by atoms with Crippen molar-refractivity contribution in [2.75, 3.05) is 44.2 Å². The van der Waals surface area contributed by atoms with Crippen LogP contribution >= 0.6 is 0 Å². The monoisotopic (exact) mass is 342 g/mol. The molecular formula is C17H22N6O2. The van der Waals surface area contributed by atoms with Crippen LogP contribution in [0.4, 0.5) is 5.82 Å². The molecule has 0 saturated carbocycles. The Morgan fingerprint density at radius 3 is 2.88 bits per heavy atom. The second-order valence-electron chi connectivity index (χ2n) is 5.91. The van der Waals surface area contributed by atoms with Crippen molar-refractivity contribution in [2.24, 2.45) is 0 Å². The van der Waals surface area contributed by atoms with Crippen LogP contribution in [0, 0.1) is 6.92 Å². The number of rotatable bonds is 6. The lowest BCUT2D eigenvalue weighted by atomic mass is 10.2. The average Bonchev–Trinajstić information content (AvgIpc) is 3.07. The third-order valence-electron chi connectivity index (χ3n) is 4.03. The Labute approximate surface area is 146 Å². The van der Waals surface area contributed by atoms with Gasteiger partial charge < -0.3 is 14.7 Å². The Bertz CT molecular complexity index is 736. The molecule has 0 unspecified atom stereocenters. The van der Waals surface area contributed by atoms with E-state index in [4.69, 9.17) is 4.52 Å². The molecule has 0 atom stereocenters. The van der Waals surface area contributed by atoms with Crippen LogP contribution in [-0.4, -0.2) is 65.2 Å². The highest BCUT2D eigenvalue weighted by Gasteiger charge is 2.20. The predicted molar refractivity (Wildman–Crippen MR) is 94.1 cm³/mol. The fourth-order valence-corrected chi connectivity index (χ4v) is 2.72. The Morgan fingerprint density at radius 2 is 2.20 bits per heavy atom. The lowest BCUT2D eigenvalue weighted by Gasteiger charge is -2.35. The molecule has 2 aromatic heterocycles. The van der Waals surface area contributed by atoms with E-state index in [0.717, 1.165) is 37.6 Å². The van der Waals surface area contributed by atoms with E-state index in [1.807, 2.05) is 12.1 Å². The summed E-state index contributed by atoms with van der Waals surface area (Å²) in [5.74, 6) is 2.01. The lowest BCUT2D eigenvalue weighted by Crippen LogP contribution is -2.49. The molecule has 25 heavy (non-hydrogen) atoms. The molecule has 1 N–H and O–H groups in total. The van der Waals surface area contributed by atoms with Crippen LogP contribution in [0.2, 0.25) is 0 Å². The minimum absolute atomic E-state index is 0.0280. The molecule has 0 aliphatic carbocycles. The van der Waals surface area contributed by atoms with Crippen molar-refractivity contribution in [3.05, 3.63) is 36.8 Å². The molecule has 3 heterocycles. The smallest absolute Gasteiger partial charge is 0.258 e. The minimum Gasteiger partial charge on any atom is -0.354 e. The van der Waals surface area contributed by atoms with Crippen LogP contribution < -0.4 is 10.2 Å². The normalized spacial score (nSPS) is 15.2. The maximum Gasteiger partial charge on any atom is 0.258 e. The van der Waals surface area contributed by atoms with E-state index in [0.29, 0.717) is 24.8 Å². The van der Waals surface area contributed by atoms with Gasteiger partial charge in [-0.2, -0.15) is 4.98 Å². The van der Waals surface area contributed by atoms with E-state index in [1.54, 1.807) is 19.2 Å². The van der Waals surface area contributed by atoms with Gasteiger partial charge in [0.2, 0.25) is 5.91 Å². The van der Waals surface area contributed by atoms with Gasteiger partial charge in [0.1, 0.15) is 5.82 Å². The Kier molecular flexibility index (Phi) is 5.39. The first-order chi connectivity index (χ1) is 12.2. The Balaban J connectivity index is 1.58. The molecule has 1 saturated heterocycles. The van der Waals surface area contributed by atoms with Gasteiger partial charge in [-0.3, -0.25) is 9.69 Å². The number of carbonyl (C=O) groups is 1. The van der Waals surface area contributed by atoms with Gasteiger partial charge in [-0.05, 0) is 19.1 Å². The number of pyridine rings is 1. The summed E-state index contributed by atoms with van der Waals surface area (Å²) in [7, 11) is 0. The first-order valence-corrected chi connectivity index (χ1v) is 8.27. The standard InChI is InChI=1S/C17H22N6O2/c1-3-5-19-16(24)12-22-7-9-23(10-8-22)15-11-14(4-6-18-15)17-20-13(2)21-25-17/h3-4,6,11H,1,5,7-10,12H2,2H3,(H,19,24). The fraction of sp³-hybridized carbons (Fsp3) is 0.412. The summed E-state index contributed by atoms with van der Waals surface area (Å²) >= 11 is 0. The molecule has 0 bridgehead atoms. The summed E-state index contributed by atoms with van der Waals surface area (Å²) in [6.07, 6.45) is 3.43. The van der Waals surface area contributed by atoms with E-state index < -0.39 is 0 Å². The number of carbonyl (C=O) groups excluding carboxylic acids is 1. The Hall–Kier alpha value is -2.74. The highest BCUT2D eigenvalue weighted by atomic mass is 16.5. The third-order valence-corrected chi connectivity index (χ3v) is 4.03. The molecule has 8 heteroatoms. The number of piperazine rings is 1. The Morgan fingerprint density at radius 1 is 1.40 bits per heavy atom. The van der Waals surface area contributed by atoms with Gasteiger partial charge in [0.15, 0.2) is 5.82 Å². The number of amides is 1. The van der Waals surface area contributed by atoms with Crippen molar-refractivity contribution < 1.29 is 9.32 Å². The van der Waals surface area contributed by atoms with E-state index in [9.17, 15) is 4.79 Å². The molecule has 0 spiro atoms. The van der Waals surface area contributed by atoms with Crippen molar-refractivity contribution in [1.82, 2.24) is 25.3 Å². The molecule has 132 valence electrons. The second-order valence-corrected chi connectivity index (χ2v) is 5.91. The summed E-state index contributed by atoms with van der Waals surface area (Å²) in [6.45, 7) is 9.56. The summed E-state index contributed by atoms with van der Waals surface area (Å²) in [5.41, 5.74) is 0.858. The summed E-state index contributed by atoms with van der Waals surface area (Å²) < 4.78 is 5.22. The summed E-state index contributed by atoms with van der Waals surface area (Å²) in [6, 6.07) is 3.82. The van der Waals surface area contributed by atoms with Gasteiger partial charge in [-0.15, -0.1) is 6.58 Å². The third kappa shape index (κ3) is 4.42. The molecule has 0 radical (unpaired) electrons.